The van der Waals surface area contributed by atoms with E-state index in [0.717, 1.165) is 36.3 Å². The zero-order chi connectivity index (χ0) is 21.8. The number of amides is 1. The molecule has 3 heterocycles. The van der Waals surface area contributed by atoms with Crippen LogP contribution in [-0.2, 0) is 13.2 Å². The van der Waals surface area contributed by atoms with E-state index >= 15 is 0 Å². The summed E-state index contributed by atoms with van der Waals surface area (Å²) in [6, 6.07) is 21.4. The van der Waals surface area contributed by atoms with Crippen LogP contribution in [0.2, 0.25) is 0 Å². The number of hydrogen-bond donors (Lipinski definition) is 0. The molecular formula is C26H25N3O3. The minimum Gasteiger partial charge on any atom is -0.489 e. The monoisotopic (exact) mass is 427 g/mol. The lowest BCUT2D eigenvalue weighted by Crippen LogP contribution is -2.48. The van der Waals surface area contributed by atoms with Gasteiger partial charge in [-0.05, 0) is 29.8 Å². The van der Waals surface area contributed by atoms with Crippen LogP contribution in [0.3, 0.4) is 0 Å². The third-order valence-corrected chi connectivity index (χ3v) is 5.81. The van der Waals surface area contributed by atoms with E-state index in [4.69, 9.17) is 9.15 Å². The standard InChI is InChI=1S/C26H25N3O3/c30-26(29-15-13-28(14-16-29)18-20-7-6-12-27-17-20)25-23(19-31-21-8-2-1-3-9-21)22-10-4-5-11-24(22)32-25/h1-12,17H,13-16,18-19H2. The maximum absolute atomic E-state index is 13.4. The maximum atomic E-state index is 13.4. The van der Waals surface area contributed by atoms with Gasteiger partial charge in [0.2, 0.25) is 0 Å². The van der Waals surface area contributed by atoms with E-state index in [1.165, 1.54) is 5.56 Å². The van der Waals surface area contributed by atoms with Crippen LogP contribution in [0, 0.1) is 0 Å². The van der Waals surface area contributed by atoms with E-state index in [-0.39, 0.29) is 12.5 Å². The highest BCUT2D eigenvalue weighted by Crippen LogP contribution is 2.28. The third-order valence-electron chi connectivity index (χ3n) is 5.81. The average Bonchev–Trinajstić information content (AvgIpc) is 3.23. The van der Waals surface area contributed by atoms with Gasteiger partial charge in [-0.1, -0.05) is 42.5 Å². The van der Waals surface area contributed by atoms with Gasteiger partial charge in [0.1, 0.15) is 17.9 Å². The first-order valence-corrected chi connectivity index (χ1v) is 10.9. The SMILES string of the molecule is O=C(c1oc2ccccc2c1COc1ccccc1)N1CCN(Cc2cccnc2)CC1. The Labute approximate surface area is 187 Å². The highest BCUT2D eigenvalue weighted by atomic mass is 16.5. The molecule has 6 heteroatoms. The van der Waals surface area contributed by atoms with Crippen LogP contribution in [0.25, 0.3) is 11.0 Å². The number of para-hydroxylation sites is 2. The summed E-state index contributed by atoms with van der Waals surface area (Å²) in [4.78, 5) is 21.8. The fraction of sp³-hybridized carbons (Fsp3) is 0.231. The number of furan rings is 1. The normalized spacial score (nSPS) is 14.6. The highest BCUT2D eigenvalue weighted by Gasteiger charge is 2.28. The smallest absolute Gasteiger partial charge is 0.290 e. The summed E-state index contributed by atoms with van der Waals surface area (Å²) in [5, 5.41) is 0.919. The Bertz CT molecular complexity index is 1180. The quantitative estimate of drug-likeness (QED) is 0.458. The molecule has 1 fully saturated rings. The molecule has 0 aliphatic carbocycles. The van der Waals surface area contributed by atoms with Gasteiger partial charge in [-0.25, -0.2) is 0 Å². The summed E-state index contributed by atoms with van der Waals surface area (Å²) in [7, 11) is 0. The molecule has 1 aliphatic heterocycles. The molecule has 0 N–H and O–H groups in total. The Morgan fingerprint density at radius 3 is 2.50 bits per heavy atom. The van der Waals surface area contributed by atoms with Crippen LogP contribution in [0.15, 0.2) is 83.5 Å². The summed E-state index contributed by atoms with van der Waals surface area (Å²) in [6.07, 6.45) is 3.68. The number of aromatic nitrogens is 1. The molecule has 0 spiro atoms. The Balaban J connectivity index is 1.31. The first-order chi connectivity index (χ1) is 15.8. The molecule has 4 aromatic rings. The van der Waals surface area contributed by atoms with E-state index < -0.39 is 0 Å². The lowest BCUT2D eigenvalue weighted by molar-refractivity contribution is 0.0596. The first kappa shape index (κ1) is 20.3. The fourth-order valence-corrected chi connectivity index (χ4v) is 4.09. The maximum Gasteiger partial charge on any atom is 0.290 e. The number of pyridine rings is 1. The van der Waals surface area contributed by atoms with Gasteiger partial charge in [0.05, 0.1) is 0 Å². The molecule has 162 valence electrons. The van der Waals surface area contributed by atoms with Crippen molar-refractivity contribution in [1.82, 2.24) is 14.8 Å². The summed E-state index contributed by atoms with van der Waals surface area (Å²) in [5.41, 5.74) is 2.69. The third kappa shape index (κ3) is 4.36. The number of carbonyl (C=O) groups excluding carboxylic acids is 1. The van der Waals surface area contributed by atoms with Gasteiger partial charge in [0.25, 0.3) is 5.91 Å². The van der Waals surface area contributed by atoms with Gasteiger partial charge in [-0.15, -0.1) is 0 Å². The zero-order valence-corrected chi connectivity index (χ0v) is 17.8. The minimum absolute atomic E-state index is 0.0751. The largest absolute Gasteiger partial charge is 0.489 e. The number of fused-ring (bicyclic) bond motifs is 1. The van der Waals surface area contributed by atoms with Crippen molar-refractivity contribution in [2.24, 2.45) is 0 Å². The van der Waals surface area contributed by atoms with Crippen molar-refractivity contribution < 1.29 is 13.9 Å². The fourth-order valence-electron chi connectivity index (χ4n) is 4.09. The summed E-state index contributed by atoms with van der Waals surface area (Å²) in [6.45, 7) is 4.08. The second-order valence-corrected chi connectivity index (χ2v) is 7.94. The predicted molar refractivity (Wildman–Crippen MR) is 122 cm³/mol. The summed E-state index contributed by atoms with van der Waals surface area (Å²) < 4.78 is 12.0. The number of piperazine rings is 1. The topological polar surface area (TPSA) is 58.8 Å². The van der Waals surface area contributed by atoms with E-state index in [0.29, 0.717) is 24.4 Å². The molecule has 6 nitrogen and oxygen atoms in total. The van der Waals surface area contributed by atoms with E-state index in [1.807, 2.05) is 71.8 Å². The van der Waals surface area contributed by atoms with Crippen LogP contribution in [0.5, 0.6) is 5.75 Å². The van der Waals surface area contributed by atoms with Gasteiger partial charge < -0.3 is 14.1 Å². The second kappa shape index (κ2) is 9.24. The molecule has 2 aromatic carbocycles. The molecule has 0 saturated carbocycles. The molecule has 1 aliphatic rings. The Morgan fingerprint density at radius 2 is 1.72 bits per heavy atom. The Hall–Kier alpha value is -3.64. The number of hydrogen-bond acceptors (Lipinski definition) is 5. The van der Waals surface area contributed by atoms with Gasteiger partial charge in [0.15, 0.2) is 5.76 Å². The number of carbonyl (C=O) groups is 1. The molecular weight excluding hydrogens is 402 g/mol. The van der Waals surface area contributed by atoms with Gasteiger partial charge >= 0.3 is 0 Å². The second-order valence-electron chi connectivity index (χ2n) is 7.94. The summed E-state index contributed by atoms with van der Waals surface area (Å²) >= 11 is 0. The van der Waals surface area contributed by atoms with Crippen molar-refractivity contribution in [1.29, 1.82) is 0 Å². The van der Waals surface area contributed by atoms with Crippen molar-refractivity contribution in [2.75, 3.05) is 26.2 Å². The van der Waals surface area contributed by atoms with Crippen molar-refractivity contribution in [3.8, 4) is 5.75 Å². The van der Waals surface area contributed by atoms with Crippen molar-refractivity contribution in [3.63, 3.8) is 0 Å². The van der Waals surface area contributed by atoms with E-state index in [2.05, 4.69) is 16.0 Å². The lowest BCUT2D eigenvalue weighted by atomic mass is 10.1. The Morgan fingerprint density at radius 1 is 0.938 bits per heavy atom. The van der Waals surface area contributed by atoms with Crippen LogP contribution in [0.1, 0.15) is 21.7 Å². The van der Waals surface area contributed by atoms with E-state index in [9.17, 15) is 4.79 Å². The van der Waals surface area contributed by atoms with Gasteiger partial charge in [-0.2, -0.15) is 0 Å². The highest BCUT2D eigenvalue weighted by molar-refractivity contribution is 5.99. The molecule has 1 saturated heterocycles. The number of ether oxygens (including phenoxy) is 1. The van der Waals surface area contributed by atoms with Crippen LogP contribution in [0.4, 0.5) is 0 Å². The molecule has 0 unspecified atom stereocenters. The van der Waals surface area contributed by atoms with E-state index in [1.54, 1.807) is 6.20 Å². The minimum atomic E-state index is -0.0751. The van der Waals surface area contributed by atoms with Crippen molar-refractivity contribution in [2.45, 2.75) is 13.2 Å². The Kier molecular flexibility index (Phi) is 5.85. The van der Waals surface area contributed by atoms with Crippen molar-refractivity contribution in [3.05, 3.63) is 96.0 Å². The van der Waals surface area contributed by atoms with Crippen LogP contribution < -0.4 is 4.74 Å². The molecule has 0 bridgehead atoms. The molecule has 0 atom stereocenters. The first-order valence-electron chi connectivity index (χ1n) is 10.9. The molecule has 1 amide bonds. The zero-order valence-electron chi connectivity index (χ0n) is 17.8. The predicted octanol–water partition coefficient (Wildman–Crippen LogP) is 4.36. The molecule has 32 heavy (non-hydrogen) atoms. The van der Waals surface area contributed by atoms with Crippen LogP contribution in [-0.4, -0.2) is 46.9 Å². The van der Waals surface area contributed by atoms with Crippen LogP contribution >= 0.6 is 0 Å². The lowest BCUT2D eigenvalue weighted by Gasteiger charge is -2.34. The average molecular weight is 428 g/mol. The molecule has 5 rings (SSSR count). The van der Waals surface area contributed by atoms with Gasteiger partial charge in [-0.3, -0.25) is 14.7 Å². The molecule has 0 radical (unpaired) electrons. The van der Waals surface area contributed by atoms with Gasteiger partial charge in [0, 0.05) is 56.1 Å². The van der Waals surface area contributed by atoms with Crippen molar-refractivity contribution >= 4 is 16.9 Å². The number of nitrogens with zero attached hydrogens (tertiary/aromatic N) is 3. The number of rotatable bonds is 6. The molecule has 2 aromatic heterocycles. The number of benzene rings is 2. The summed E-state index contributed by atoms with van der Waals surface area (Å²) in [5.74, 6) is 1.07.